The SMILES string of the molecule is Cc1ccoc1-c1nc(N)cc(=O)[nH]1. The quantitative estimate of drug-likeness (QED) is 0.701. The molecule has 0 aliphatic rings. The van der Waals surface area contributed by atoms with E-state index in [1.165, 1.54) is 12.3 Å². The van der Waals surface area contributed by atoms with Gasteiger partial charge in [-0.1, -0.05) is 0 Å². The Morgan fingerprint density at radius 1 is 1.57 bits per heavy atom. The standard InChI is InChI=1S/C9H9N3O2/c1-5-2-3-14-8(5)9-11-6(10)4-7(13)12-9/h2-4H,1H3,(H3,10,11,12,13). The summed E-state index contributed by atoms with van der Waals surface area (Å²) in [5, 5.41) is 0. The summed E-state index contributed by atoms with van der Waals surface area (Å²) in [5.41, 5.74) is 6.06. The molecule has 14 heavy (non-hydrogen) atoms. The van der Waals surface area contributed by atoms with Gasteiger partial charge >= 0.3 is 0 Å². The molecule has 0 fully saturated rings. The summed E-state index contributed by atoms with van der Waals surface area (Å²) in [6.45, 7) is 1.86. The summed E-state index contributed by atoms with van der Waals surface area (Å²) in [4.78, 5) is 17.6. The van der Waals surface area contributed by atoms with E-state index in [9.17, 15) is 4.79 Å². The number of anilines is 1. The van der Waals surface area contributed by atoms with Crippen molar-refractivity contribution in [1.29, 1.82) is 0 Å². The third-order valence-electron chi connectivity index (χ3n) is 1.84. The Bertz CT molecular complexity index is 513. The van der Waals surface area contributed by atoms with E-state index in [1.54, 1.807) is 6.07 Å². The number of rotatable bonds is 1. The van der Waals surface area contributed by atoms with Crippen LogP contribution in [0.3, 0.4) is 0 Å². The zero-order valence-corrected chi connectivity index (χ0v) is 7.57. The van der Waals surface area contributed by atoms with Gasteiger partial charge in [-0.3, -0.25) is 4.79 Å². The predicted molar refractivity (Wildman–Crippen MR) is 51.7 cm³/mol. The highest BCUT2D eigenvalue weighted by Crippen LogP contribution is 2.19. The number of nitrogens with zero attached hydrogens (tertiary/aromatic N) is 1. The van der Waals surface area contributed by atoms with Crippen molar-refractivity contribution in [3.05, 3.63) is 34.3 Å². The minimum Gasteiger partial charge on any atom is -0.461 e. The molecule has 0 unspecified atom stereocenters. The van der Waals surface area contributed by atoms with Crippen LogP contribution in [-0.2, 0) is 0 Å². The van der Waals surface area contributed by atoms with Crippen LogP contribution in [0.2, 0.25) is 0 Å². The average molecular weight is 191 g/mol. The van der Waals surface area contributed by atoms with E-state index >= 15 is 0 Å². The molecule has 0 bridgehead atoms. The van der Waals surface area contributed by atoms with E-state index in [0.29, 0.717) is 11.6 Å². The topological polar surface area (TPSA) is 84.9 Å². The average Bonchev–Trinajstić information content (AvgIpc) is 2.49. The Balaban J connectivity index is 2.63. The summed E-state index contributed by atoms with van der Waals surface area (Å²) in [7, 11) is 0. The number of nitrogen functional groups attached to an aromatic ring is 1. The van der Waals surface area contributed by atoms with Gasteiger partial charge in [-0.25, -0.2) is 4.98 Å². The first-order valence-electron chi connectivity index (χ1n) is 4.08. The maximum atomic E-state index is 11.1. The Labute approximate surface area is 79.6 Å². The minimum absolute atomic E-state index is 0.180. The van der Waals surface area contributed by atoms with Crippen LogP contribution in [0.15, 0.2) is 27.6 Å². The van der Waals surface area contributed by atoms with E-state index in [4.69, 9.17) is 10.2 Å². The molecule has 2 rings (SSSR count). The highest BCUT2D eigenvalue weighted by molar-refractivity contribution is 5.53. The molecule has 0 saturated carbocycles. The lowest BCUT2D eigenvalue weighted by molar-refractivity contribution is 0.575. The molecule has 72 valence electrons. The molecule has 2 aromatic heterocycles. The normalized spacial score (nSPS) is 10.4. The fourth-order valence-electron chi connectivity index (χ4n) is 1.20. The van der Waals surface area contributed by atoms with Crippen LogP contribution in [0.25, 0.3) is 11.6 Å². The summed E-state index contributed by atoms with van der Waals surface area (Å²) in [6, 6.07) is 3.01. The molecule has 2 aromatic rings. The van der Waals surface area contributed by atoms with Crippen LogP contribution in [0, 0.1) is 6.92 Å². The van der Waals surface area contributed by atoms with Crippen molar-refractivity contribution in [2.75, 3.05) is 5.73 Å². The van der Waals surface area contributed by atoms with E-state index in [0.717, 1.165) is 5.56 Å². The number of furan rings is 1. The van der Waals surface area contributed by atoms with Crippen molar-refractivity contribution in [3.8, 4) is 11.6 Å². The van der Waals surface area contributed by atoms with Gasteiger partial charge in [0.1, 0.15) is 5.82 Å². The number of aromatic amines is 1. The Kier molecular flexibility index (Phi) is 1.85. The molecule has 0 aliphatic heterocycles. The summed E-state index contributed by atoms with van der Waals surface area (Å²) < 4.78 is 5.17. The molecule has 0 radical (unpaired) electrons. The van der Waals surface area contributed by atoms with Crippen molar-refractivity contribution in [3.63, 3.8) is 0 Å². The molecular formula is C9H9N3O2. The minimum atomic E-state index is -0.289. The number of hydrogen-bond donors (Lipinski definition) is 2. The lowest BCUT2D eigenvalue weighted by Gasteiger charge is -1.98. The number of nitrogens with two attached hydrogens (primary N) is 1. The smallest absolute Gasteiger partial charge is 0.253 e. The third-order valence-corrected chi connectivity index (χ3v) is 1.84. The Morgan fingerprint density at radius 3 is 2.93 bits per heavy atom. The monoisotopic (exact) mass is 191 g/mol. The molecule has 0 saturated heterocycles. The Morgan fingerprint density at radius 2 is 2.36 bits per heavy atom. The predicted octanol–water partition coefficient (Wildman–Crippen LogP) is 0.921. The molecule has 0 amide bonds. The van der Waals surface area contributed by atoms with Gasteiger partial charge in [0.2, 0.25) is 0 Å². The van der Waals surface area contributed by atoms with Crippen LogP contribution in [0.4, 0.5) is 5.82 Å². The van der Waals surface area contributed by atoms with Gasteiger partial charge in [0.25, 0.3) is 5.56 Å². The summed E-state index contributed by atoms with van der Waals surface area (Å²) >= 11 is 0. The second-order valence-corrected chi connectivity index (χ2v) is 2.95. The number of aryl methyl sites for hydroxylation is 1. The Hall–Kier alpha value is -2.04. The zero-order chi connectivity index (χ0) is 10.1. The molecule has 0 aromatic carbocycles. The number of aromatic nitrogens is 2. The largest absolute Gasteiger partial charge is 0.461 e. The number of hydrogen-bond acceptors (Lipinski definition) is 4. The summed E-state index contributed by atoms with van der Waals surface area (Å²) in [5.74, 6) is 1.08. The molecule has 3 N–H and O–H groups in total. The lowest BCUT2D eigenvalue weighted by atomic mass is 10.3. The maximum Gasteiger partial charge on any atom is 0.253 e. The maximum absolute atomic E-state index is 11.1. The fourth-order valence-corrected chi connectivity index (χ4v) is 1.20. The fraction of sp³-hybridized carbons (Fsp3) is 0.111. The van der Waals surface area contributed by atoms with Gasteiger partial charge in [-0.15, -0.1) is 0 Å². The van der Waals surface area contributed by atoms with Crippen molar-refractivity contribution < 1.29 is 4.42 Å². The molecule has 0 spiro atoms. The van der Waals surface area contributed by atoms with Crippen molar-refractivity contribution in [2.24, 2.45) is 0 Å². The van der Waals surface area contributed by atoms with Gasteiger partial charge < -0.3 is 15.1 Å². The van der Waals surface area contributed by atoms with Crippen LogP contribution < -0.4 is 11.3 Å². The van der Waals surface area contributed by atoms with E-state index in [2.05, 4.69) is 9.97 Å². The molecule has 5 nitrogen and oxygen atoms in total. The zero-order valence-electron chi connectivity index (χ0n) is 7.57. The van der Waals surface area contributed by atoms with E-state index in [1.807, 2.05) is 6.92 Å². The first-order chi connectivity index (χ1) is 6.66. The van der Waals surface area contributed by atoms with Crippen molar-refractivity contribution >= 4 is 5.82 Å². The van der Waals surface area contributed by atoms with Gasteiger partial charge in [-0.05, 0) is 18.6 Å². The summed E-state index contributed by atoms with van der Waals surface area (Å²) in [6.07, 6.45) is 1.54. The van der Waals surface area contributed by atoms with Crippen LogP contribution in [0.5, 0.6) is 0 Å². The van der Waals surface area contributed by atoms with Crippen molar-refractivity contribution in [1.82, 2.24) is 9.97 Å². The molecule has 0 atom stereocenters. The van der Waals surface area contributed by atoms with E-state index < -0.39 is 0 Å². The van der Waals surface area contributed by atoms with Crippen LogP contribution in [-0.4, -0.2) is 9.97 Å². The molecular weight excluding hydrogens is 182 g/mol. The van der Waals surface area contributed by atoms with Gasteiger partial charge in [0.05, 0.1) is 6.26 Å². The molecule has 5 heteroatoms. The number of nitrogens with one attached hydrogen (secondary N) is 1. The molecule has 2 heterocycles. The van der Waals surface area contributed by atoms with Crippen LogP contribution >= 0.6 is 0 Å². The second kappa shape index (κ2) is 3.02. The van der Waals surface area contributed by atoms with Crippen LogP contribution in [0.1, 0.15) is 5.56 Å². The lowest BCUT2D eigenvalue weighted by Crippen LogP contribution is -2.09. The van der Waals surface area contributed by atoms with Gasteiger partial charge in [0, 0.05) is 6.07 Å². The first kappa shape index (κ1) is 8.55. The third kappa shape index (κ3) is 1.39. The number of H-pyrrole nitrogens is 1. The van der Waals surface area contributed by atoms with Crippen molar-refractivity contribution in [2.45, 2.75) is 6.92 Å². The molecule has 0 aliphatic carbocycles. The van der Waals surface area contributed by atoms with Gasteiger partial charge in [-0.2, -0.15) is 0 Å². The van der Waals surface area contributed by atoms with Gasteiger partial charge in [0.15, 0.2) is 11.6 Å². The second-order valence-electron chi connectivity index (χ2n) is 2.95. The van der Waals surface area contributed by atoms with E-state index in [-0.39, 0.29) is 11.4 Å². The highest BCUT2D eigenvalue weighted by Gasteiger charge is 2.08. The first-order valence-corrected chi connectivity index (χ1v) is 4.08. The highest BCUT2D eigenvalue weighted by atomic mass is 16.3.